The smallest absolute Gasteiger partial charge is 0.329 e. The number of rotatable bonds is 5. The average molecular weight is 292 g/mol. The van der Waals surface area contributed by atoms with Crippen LogP contribution in [0.15, 0.2) is 24.3 Å². The minimum absolute atomic E-state index is 0.198. The third-order valence-electron chi connectivity index (χ3n) is 3.21. The van der Waals surface area contributed by atoms with Crippen molar-refractivity contribution in [2.75, 3.05) is 11.9 Å². The number of carbonyl (C=O) groups is 3. The standard InChI is InChI=1S/C15H20N2O4/c1-5-17(15(3,4)14(20)21)13(19)11-6-8-12(9-7-11)16-10(2)18/h6-9H,5H2,1-4H3,(H,16,18)(H,20,21). The van der Waals surface area contributed by atoms with Crippen LogP contribution >= 0.6 is 0 Å². The second-order valence-electron chi connectivity index (χ2n) is 5.17. The highest BCUT2D eigenvalue weighted by Crippen LogP contribution is 2.19. The van der Waals surface area contributed by atoms with Crippen LogP contribution in [0.4, 0.5) is 5.69 Å². The SMILES string of the molecule is CCN(C(=O)c1ccc(NC(C)=O)cc1)C(C)(C)C(=O)O. The van der Waals surface area contributed by atoms with E-state index in [1.807, 2.05) is 0 Å². The van der Waals surface area contributed by atoms with Crippen LogP contribution in [0.1, 0.15) is 38.1 Å². The first kappa shape index (κ1) is 16.7. The molecule has 0 bridgehead atoms. The van der Waals surface area contributed by atoms with E-state index >= 15 is 0 Å². The molecule has 0 atom stereocenters. The van der Waals surface area contributed by atoms with Crippen LogP contribution < -0.4 is 5.32 Å². The summed E-state index contributed by atoms with van der Waals surface area (Å²) >= 11 is 0. The van der Waals surface area contributed by atoms with E-state index in [4.69, 9.17) is 0 Å². The molecule has 6 nitrogen and oxygen atoms in total. The summed E-state index contributed by atoms with van der Waals surface area (Å²) in [6.07, 6.45) is 0. The zero-order chi connectivity index (χ0) is 16.2. The number of aliphatic carboxylic acids is 1. The van der Waals surface area contributed by atoms with Gasteiger partial charge in [0.15, 0.2) is 0 Å². The maximum Gasteiger partial charge on any atom is 0.329 e. The van der Waals surface area contributed by atoms with Gasteiger partial charge in [0.1, 0.15) is 5.54 Å². The fourth-order valence-corrected chi connectivity index (χ4v) is 1.96. The minimum atomic E-state index is -1.29. The van der Waals surface area contributed by atoms with Crippen molar-refractivity contribution < 1.29 is 19.5 Å². The number of benzene rings is 1. The Morgan fingerprint density at radius 2 is 1.71 bits per heavy atom. The molecule has 0 fully saturated rings. The van der Waals surface area contributed by atoms with Crippen molar-refractivity contribution in [3.63, 3.8) is 0 Å². The number of anilines is 1. The molecule has 1 aromatic carbocycles. The Labute approximate surface area is 123 Å². The summed E-state index contributed by atoms with van der Waals surface area (Å²) in [4.78, 5) is 36.0. The lowest BCUT2D eigenvalue weighted by molar-refractivity contribution is -0.147. The zero-order valence-corrected chi connectivity index (χ0v) is 12.6. The number of carbonyl (C=O) groups excluding carboxylic acids is 2. The number of likely N-dealkylation sites (N-methyl/N-ethyl adjacent to an activating group) is 1. The second-order valence-corrected chi connectivity index (χ2v) is 5.17. The van der Waals surface area contributed by atoms with E-state index < -0.39 is 11.5 Å². The first-order chi connectivity index (χ1) is 9.70. The fourth-order valence-electron chi connectivity index (χ4n) is 1.96. The molecule has 0 unspecified atom stereocenters. The van der Waals surface area contributed by atoms with Crippen molar-refractivity contribution in [2.24, 2.45) is 0 Å². The van der Waals surface area contributed by atoms with Gasteiger partial charge in [0, 0.05) is 24.7 Å². The Morgan fingerprint density at radius 1 is 1.19 bits per heavy atom. The maximum atomic E-state index is 12.4. The summed E-state index contributed by atoms with van der Waals surface area (Å²) in [6.45, 7) is 6.39. The molecule has 114 valence electrons. The molecule has 0 aliphatic rings. The van der Waals surface area contributed by atoms with E-state index in [-0.39, 0.29) is 18.4 Å². The van der Waals surface area contributed by atoms with Gasteiger partial charge in [-0.1, -0.05) is 0 Å². The van der Waals surface area contributed by atoms with E-state index in [1.165, 1.54) is 25.7 Å². The molecule has 0 radical (unpaired) electrons. The first-order valence-corrected chi connectivity index (χ1v) is 6.63. The normalized spacial score (nSPS) is 10.9. The summed E-state index contributed by atoms with van der Waals surface area (Å²) in [5, 5.41) is 11.8. The number of amides is 2. The van der Waals surface area contributed by atoms with Crippen molar-refractivity contribution in [3.8, 4) is 0 Å². The van der Waals surface area contributed by atoms with Gasteiger partial charge in [-0.05, 0) is 45.0 Å². The highest BCUT2D eigenvalue weighted by Gasteiger charge is 2.37. The molecule has 0 aliphatic heterocycles. The average Bonchev–Trinajstić information content (AvgIpc) is 2.39. The highest BCUT2D eigenvalue weighted by atomic mass is 16.4. The molecular formula is C15H20N2O4. The number of nitrogens with zero attached hydrogens (tertiary/aromatic N) is 1. The lowest BCUT2D eigenvalue weighted by atomic mass is 10.0. The van der Waals surface area contributed by atoms with Gasteiger partial charge >= 0.3 is 5.97 Å². The molecule has 0 saturated heterocycles. The molecule has 0 heterocycles. The van der Waals surface area contributed by atoms with Crippen LogP contribution in [-0.4, -0.2) is 39.9 Å². The van der Waals surface area contributed by atoms with Gasteiger partial charge < -0.3 is 15.3 Å². The lowest BCUT2D eigenvalue weighted by Gasteiger charge is -2.34. The largest absolute Gasteiger partial charge is 0.480 e. The number of hydrogen-bond acceptors (Lipinski definition) is 3. The maximum absolute atomic E-state index is 12.4. The van der Waals surface area contributed by atoms with E-state index in [1.54, 1.807) is 31.2 Å². The Morgan fingerprint density at radius 3 is 2.10 bits per heavy atom. The van der Waals surface area contributed by atoms with Gasteiger partial charge in [-0.15, -0.1) is 0 Å². The monoisotopic (exact) mass is 292 g/mol. The lowest BCUT2D eigenvalue weighted by Crippen LogP contribution is -2.52. The van der Waals surface area contributed by atoms with Gasteiger partial charge in [0.2, 0.25) is 5.91 Å². The van der Waals surface area contributed by atoms with Crippen LogP contribution in [0.25, 0.3) is 0 Å². The summed E-state index contributed by atoms with van der Waals surface area (Å²) in [5.74, 6) is -1.62. The van der Waals surface area contributed by atoms with Crippen LogP contribution in [0.5, 0.6) is 0 Å². The number of carboxylic acids is 1. The molecule has 6 heteroatoms. The molecule has 0 aliphatic carbocycles. The molecule has 0 spiro atoms. The van der Waals surface area contributed by atoms with E-state index in [0.29, 0.717) is 11.3 Å². The van der Waals surface area contributed by atoms with Crippen molar-refractivity contribution in [1.29, 1.82) is 0 Å². The van der Waals surface area contributed by atoms with Crippen LogP contribution in [0.2, 0.25) is 0 Å². The first-order valence-electron chi connectivity index (χ1n) is 6.63. The topological polar surface area (TPSA) is 86.7 Å². The Hall–Kier alpha value is -2.37. The van der Waals surface area contributed by atoms with Gasteiger partial charge in [0.25, 0.3) is 5.91 Å². The Balaban J connectivity index is 3.01. The number of hydrogen-bond donors (Lipinski definition) is 2. The molecule has 2 amide bonds. The zero-order valence-electron chi connectivity index (χ0n) is 12.6. The predicted molar refractivity (Wildman–Crippen MR) is 79.2 cm³/mol. The molecule has 0 saturated carbocycles. The molecular weight excluding hydrogens is 272 g/mol. The molecule has 2 N–H and O–H groups in total. The van der Waals surface area contributed by atoms with E-state index in [9.17, 15) is 19.5 Å². The summed E-state index contributed by atoms with van der Waals surface area (Å²) in [5.41, 5.74) is -0.331. The minimum Gasteiger partial charge on any atom is -0.480 e. The van der Waals surface area contributed by atoms with Crippen LogP contribution in [0, 0.1) is 0 Å². The number of carboxylic acid groups (broad SMARTS) is 1. The summed E-state index contributed by atoms with van der Waals surface area (Å²) < 4.78 is 0. The van der Waals surface area contributed by atoms with E-state index in [2.05, 4.69) is 5.32 Å². The van der Waals surface area contributed by atoms with Crippen molar-refractivity contribution in [3.05, 3.63) is 29.8 Å². The van der Waals surface area contributed by atoms with Gasteiger partial charge in [-0.3, -0.25) is 9.59 Å². The Bertz CT molecular complexity index is 549. The fraction of sp³-hybridized carbons (Fsp3) is 0.400. The molecule has 0 aromatic heterocycles. The van der Waals surface area contributed by atoms with Crippen molar-refractivity contribution in [1.82, 2.24) is 4.90 Å². The summed E-state index contributed by atoms with van der Waals surface area (Å²) in [6, 6.07) is 6.34. The molecule has 1 aromatic rings. The van der Waals surface area contributed by atoms with Crippen molar-refractivity contribution in [2.45, 2.75) is 33.2 Å². The van der Waals surface area contributed by atoms with Gasteiger partial charge in [-0.2, -0.15) is 0 Å². The van der Waals surface area contributed by atoms with Crippen LogP contribution in [-0.2, 0) is 9.59 Å². The van der Waals surface area contributed by atoms with Gasteiger partial charge in [-0.25, -0.2) is 4.79 Å². The summed E-state index contributed by atoms with van der Waals surface area (Å²) in [7, 11) is 0. The second kappa shape index (κ2) is 6.39. The highest BCUT2D eigenvalue weighted by molar-refractivity contribution is 5.98. The van der Waals surface area contributed by atoms with Crippen molar-refractivity contribution >= 4 is 23.5 Å². The van der Waals surface area contributed by atoms with Gasteiger partial charge in [0.05, 0.1) is 0 Å². The number of nitrogens with one attached hydrogen (secondary N) is 1. The third kappa shape index (κ3) is 3.81. The van der Waals surface area contributed by atoms with E-state index in [0.717, 1.165) is 0 Å². The predicted octanol–water partition coefficient (Wildman–Crippen LogP) is 1.97. The Kier molecular flexibility index (Phi) is 5.07. The quantitative estimate of drug-likeness (QED) is 0.868. The third-order valence-corrected chi connectivity index (χ3v) is 3.21. The molecule has 1 rings (SSSR count). The molecule has 21 heavy (non-hydrogen) atoms. The van der Waals surface area contributed by atoms with Crippen LogP contribution in [0.3, 0.4) is 0 Å².